The van der Waals surface area contributed by atoms with Crippen molar-refractivity contribution in [3.8, 4) is 5.75 Å². The fourth-order valence-corrected chi connectivity index (χ4v) is 3.52. The highest BCUT2D eigenvalue weighted by Crippen LogP contribution is 2.25. The van der Waals surface area contributed by atoms with Crippen LogP contribution in [0.15, 0.2) is 24.3 Å². The highest BCUT2D eigenvalue weighted by molar-refractivity contribution is 8.00. The molecule has 20 heavy (non-hydrogen) atoms. The third-order valence-electron chi connectivity index (χ3n) is 3.55. The summed E-state index contributed by atoms with van der Waals surface area (Å²) >= 11 is 2.03. The second kappa shape index (κ2) is 8.55. The lowest BCUT2D eigenvalue weighted by Crippen LogP contribution is -2.34. The number of aliphatic hydroxyl groups excluding tert-OH is 1. The van der Waals surface area contributed by atoms with Crippen molar-refractivity contribution < 1.29 is 9.84 Å². The van der Waals surface area contributed by atoms with Crippen molar-refractivity contribution in [3.63, 3.8) is 0 Å². The number of ether oxygens (including phenoxy) is 1. The van der Waals surface area contributed by atoms with Crippen LogP contribution >= 0.6 is 11.8 Å². The number of hydrogen-bond donors (Lipinski definition) is 2. The van der Waals surface area contributed by atoms with Crippen LogP contribution < -0.4 is 10.1 Å². The van der Waals surface area contributed by atoms with Gasteiger partial charge in [0.1, 0.15) is 18.5 Å². The lowest BCUT2D eigenvalue weighted by atomic mass is 10.2. The Balaban J connectivity index is 1.59. The normalized spacial score (nSPS) is 20.0. The molecular weight excluding hydrogens is 270 g/mol. The van der Waals surface area contributed by atoms with E-state index < -0.39 is 6.10 Å². The molecule has 2 N–H and O–H groups in total. The van der Waals surface area contributed by atoms with E-state index in [2.05, 4.69) is 24.4 Å². The summed E-state index contributed by atoms with van der Waals surface area (Å²) in [6, 6.07) is 8.07. The molecule has 1 saturated heterocycles. The van der Waals surface area contributed by atoms with Gasteiger partial charge in [0.05, 0.1) is 0 Å². The molecule has 1 aliphatic heterocycles. The van der Waals surface area contributed by atoms with Gasteiger partial charge in [0.25, 0.3) is 0 Å². The van der Waals surface area contributed by atoms with Gasteiger partial charge >= 0.3 is 0 Å². The number of hydrogen-bond acceptors (Lipinski definition) is 4. The van der Waals surface area contributed by atoms with E-state index in [4.69, 9.17) is 4.74 Å². The largest absolute Gasteiger partial charge is 0.491 e. The molecule has 4 heteroatoms. The van der Waals surface area contributed by atoms with Crippen LogP contribution in [-0.4, -0.2) is 41.9 Å². The van der Waals surface area contributed by atoms with Gasteiger partial charge in [0, 0.05) is 18.3 Å². The average Bonchev–Trinajstić information content (AvgIpc) is 2.99. The first-order valence-corrected chi connectivity index (χ1v) is 8.55. The van der Waals surface area contributed by atoms with Crippen LogP contribution in [0.4, 0.5) is 0 Å². The van der Waals surface area contributed by atoms with Crippen molar-refractivity contribution in [2.75, 3.05) is 25.4 Å². The topological polar surface area (TPSA) is 41.5 Å². The van der Waals surface area contributed by atoms with E-state index in [1.54, 1.807) is 0 Å². The first-order chi connectivity index (χ1) is 9.78. The molecule has 3 nitrogen and oxygen atoms in total. The Morgan fingerprint density at radius 3 is 2.85 bits per heavy atom. The number of thioether (sulfide) groups is 1. The van der Waals surface area contributed by atoms with Crippen molar-refractivity contribution >= 4 is 11.8 Å². The summed E-state index contributed by atoms with van der Waals surface area (Å²) in [5.74, 6) is 2.11. The van der Waals surface area contributed by atoms with E-state index in [1.165, 1.54) is 24.2 Å². The van der Waals surface area contributed by atoms with Gasteiger partial charge in [-0.05, 0) is 42.7 Å². The van der Waals surface area contributed by atoms with Gasteiger partial charge in [-0.25, -0.2) is 0 Å². The zero-order valence-electron chi connectivity index (χ0n) is 12.2. The van der Waals surface area contributed by atoms with Crippen LogP contribution in [0.25, 0.3) is 0 Å². The van der Waals surface area contributed by atoms with Crippen LogP contribution in [-0.2, 0) is 6.42 Å². The quantitative estimate of drug-likeness (QED) is 0.773. The lowest BCUT2D eigenvalue weighted by Gasteiger charge is -2.15. The van der Waals surface area contributed by atoms with Gasteiger partial charge in [0.2, 0.25) is 0 Å². The molecule has 0 aromatic heterocycles. The SMILES string of the molecule is CCc1ccc(OCC(O)CNCC2CCCS2)cc1. The lowest BCUT2D eigenvalue weighted by molar-refractivity contribution is 0.106. The molecule has 112 valence electrons. The predicted octanol–water partition coefficient (Wildman–Crippen LogP) is 2.47. The molecule has 0 radical (unpaired) electrons. The van der Waals surface area contributed by atoms with Crippen molar-refractivity contribution in [2.24, 2.45) is 0 Å². The van der Waals surface area contributed by atoms with E-state index in [1.807, 2.05) is 23.9 Å². The second-order valence-corrected chi connectivity index (χ2v) is 6.66. The maximum Gasteiger partial charge on any atom is 0.119 e. The summed E-state index contributed by atoms with van der Waals surface area (Å²) in [7, 11) is 0. The molecule has 2 atom stereocenters. The van der Waals surface area contributed by atoms with E-state index in [9.17, 15) is 5.11 Å². The third-order valence-corrected chi connectivity index (χ3v) is 4.95. The molecule has 1 fully saturated rings. The first kappa shape index (κ1) is 15.7. The minimum Gasteiger partial charge on any atom is -0.491 e. The highest BCUT2D eigenvalue weighted by atomic mass is 32.2. The molecule has 0 amide bonds. The van der Waals surface area contributed by atoms with Gasteiger partial charge in [-0.3, -0.25) is 0 Å². The summed E-state index contributed by atoms with van der Waals surface area (Å²) in [5, 5.41) is 13.9. The average molecular weight is 295 g/mol. The highest BCUT2D eigenvalue weighted by Gasteiger charge is 2.15. The van der Waals surface area contributed by atoms with Crippen molar-refractivity contribution in [1.82, 2.24) is 5.32 Å². The van der Waals surface area contributed by atoms with Crippen LogP contribution in [0, 0.1) is 0 Å². The zero-order chi connectivity index (χ0) is 14.2. The summed E-state index contributed by atoms with van der Waals surface area (Å²) in [4.78, 5) is 0. The van der Waals surface area contributed by atoms with Crippen LogP contribution in [0.2, 0.25) is 0 Å². The van der Waals surface area contributed by atoms with E-state index in [-0.39, 0.29) is 0 Å². The molecule has 2 rings (SSSR count). The molecule has 1 aliphatic rings. The Kier molecular flexibility index (Phi) is 6.70. The summed E-state index contributed by atoms with van der Waals surface area (Å²) in [6.07, 6.45) is 3.21. The molecule has 2 unspecified atom stereocenters. The number of aryl methyl sites for hydroxylation is 1. The molecule has 0 aliphatic carbocycles. The van der Waals surface area contributed by atoms with Gasteiger partial charge in [-0.2, -0.15) is 11.8 Å². The van der Waals surface area contributed by atoms with E-state index >= 15 is 0 Å². The number of benzene rings is 1. The molecule has 0 saturated carbocycles. The number of rotatable bonds is 8. The maximum atomic E-state index is 9.89. The van der Waals surface area contributed by atoms with Crippen LogP contribution in [0.3, 0.4) is 0 Å². The van der Waals surface area contributed by atoms with Gasteiger partial charge in [0.15, 0.2) is 0 Å². The standard InChI is InChI=1S/C16H25NO2S/c1-2-13-5-7-15(8-6-13)19-12-14(18)10-17-11-16-4-3-9-20-16/h5-8,14,16-18H,2-4,9-12H2,1H3. The van der Waals surface area contributed by atoms with Crippen molar-refractivity contribution in [2.45, 2.75) is 37.5 Å². The van der Waals surface area contributed by atoms with Gasteiger partial charge in [-0.1, -0.05) is 19.1 Å². The third kappa shape index (κ3) is 5.35. The van der Waals surface area contributed by atoms with Crippen LogP contribution in [0.1, 0.15) is 25.3 Å². The molecule has 1 aromatic carbocycles. The van der Waals surface area contributed by atoms with Gasteiger partial charge < -0.3 is 15.2 Å². The Morgan fingerprint density at radius 1 is 1.40 bits per heavy atom. The number of nitrogens with one attached hydrogen (secondary N) is 1. The molecular formula is C16H25NO2S. The van der Waals surface area contributed by atoms with E-state index in [0.29, 0.717) is 13.2 Å². The zero-order valence-corrected chi connectivity index (χ0v) is 13.0. The number of aliphatic hydroxyl groups is 1. The Bertz CT molecular complexity index is 377. The molecule has 1 heterocycles. The Hall–Kier alpha value is -0.710. The Morgan fingerprint density at radius 2 is 2.20 bits per heavy atom. The van der Waals surface area contributed by atoms with Crippen molar-refractivity contribution in [3.05, 3.63) is 29.8 Å². The van der Waals surface area contributed by atoms with Crippen molar-refractivity contribution in [1.29, 1.82) is 0 Å². The smallest absolute Gasteiger partial charge is 0.119 e. The minimum atomic E-state index is -0.452. The molecule has 0 bridgehead atoms. The van der Waals surface area contributed by atoms with E-state index in [0.717, 1.165) is 24.0 Å². The fourth-order valence-electron chi connectivity index (χ4n) is 2.29. The van der Waals surface area contributed by atoms with Gasteiger partial charge in [-0.15, -0.1) is 0 Å². The fraction of sp³-hybridized carbons (Fsp3) is 0.625. The second-order valence-electron chi connectivity index (χ2n) is 5.26. The maximum absolute atomic E-state index is 9.89. The first-order valence-electron chi connectivity index (χ1n) is 7.50. The molecule has 0 spiro atoms. The monoisotopic (exact) mass is 295 g/mol. The molecule has 1 aromatic rings. The summed E-state index contributed by atoms with van der Waals surface area (Å²) < 4.78 is 5.59. The van der Waals surface area contributed by atoms with Crippen LogP contribution in [0.5, 0.6) is 5.75 Å². The summed E-state index contributed by atoms with van der Waals surface area (Å²) in [5.41, 5.74) is 1.30. The minimum absolute atomic E-state index is 0.344. The predicted molar refractivity (Wildman–Crippen MR) is 85.7 cm³/mol. The summed E-state index contributed by atoms with van der Waals surface area (Å²) in [6.45, 7) is 4.07. The Labute approximate surface area is 126 Å².